The van der Waals surface area contributed by atoms with Gasteiger partial charge in [0.25, 0.3) is 5.92 Å². The fraction of sp³-hybridized carbons (Fsp3) is 0.478. The maximum absolute atomic E-state index is 15.2. The van der Waals surface area contributed by atoms with Crippen LogP contribution in [0.1, 0.15) is 32.1 Å². The number of nitrogens with one attached hydrogen (secondary N) is 1. The first-order valence-electron chi connectivity index (χ1n) is 11.3. The molecule has 3 aromatic rings. The lowest BCUT2D eigenvalue weighted by Gasteiger charge is -2.43. The normalized spacial score (nSPS) is 25.8. The number of aromatic nitrogens is 5. The Kier molecular flexibility index (Phi) is 4.62. The highest BCUT2D eigenvalue weighted by atomic mass is 19.3. The fourth-order valence-corrected chi connectivity index (χ4v) is 5.20. The summed E-state index contributed by atoms with van der Waals surface area (Å²) in [7, 11) is 1.83. The highest BCUT2D eigenvalue weighted by molar-refractivity contribution is 5.72. The van der Waals surface area contributed by atoms with Gasteiger partial charge in [0.2, 0.25) is 0 Å². The van der Waals surface area contributed by atoms with Crippen LogP contribution in [0.3, 0.4) is 0 Å². The second kappa shape index (κ2) is 7.44. The topological polar surface area (TPSA) is 92.0 Å². The molecule has 3 fully saturated rings. The van der Waals surface area contributed by atoms with Crippen molar-refractivity contribution in [3.8, 4) is 28.3 Å². The van der Waals surface area contributed by atoms with Crippen molar-refractivity contribution in [3.63, 3.8) is 0 Å². The smallest absolute Gasteiger partial charge is 0.283 e. The number of alkyl halides is 2. The highest BCUT2D eigenvalue weighted by Gasteiger charge is 2.58. The molecular formula is C23H25F2N7O. The first kappa shape index (κ1) is 20.5. The van der Waals surface area contributed by atoms with Crippen LogP contribution in [-0.4, -0.2) is 60.2 Å². The molecule has 2 aromatic heterocycles. The SMILES string of the molecule is Cn1cc(-c2ccc(-c3ncc(N(C4CC4)[C@H]4C[C@@H]5CC[C@@H](N5)C4(F)F)nn3)c(O)c2)cn1. The van der Waals surface area contributed by atoms with E-state index in [1.807, 2.05) is 19.3 Å². The molecular weight excluding hydrogens is 428 g/mol. The first-order valence-corrected chi connectivity index (χ1v) is 11.3. The van der Waals surface area contributed by atoms with Crippen molar-refractivity contribution in [1.29, 1.82) is 0 Å². The van der Waals surface area contributed by atoms with E-state index in [2.05, 4.69) is 25.6 Å². The van der Waals surface area contributed by atoms with Crippen molar-refractivity contribution >= 4 is 5.82 Å². The van der Waals surface area contributed by atoms with Crippen LogP contribution < -0.4 is 10.2 Å². The Labute approximate surface area is 189 Å². The maximum atomic E-state index is 15.2. The molecule has 0 unspecified atom stereocenters. The van der Waals surface area contributed by atoms with Crippen molar-refractivity contribution in [2.24, 2.45) is 7.05 Å². The van der Waals surface area contributed by atoms with Gasteiger partial charge in [0, 0.05) is 30.9 Å². The van der Waals surface area contributed by atoms with Gasteiger partial charge in [0.15, 0.2) is 11.6 Å². The molecule has 10 heteroatoms. The minimum Gasteiger partial charge on any atom is -0.507 e. The zero-order valence-corrected chi connectivity index (χ0v) is 18.2. The Morgan fingerprint density at radius 3 is 2.64 bits per heavy atom. The van der Waals surface area contributed by atoms with Crippen LogP contribution in [0.15, 0.2) is 36.8 Å². The number of nitrogens with zero attached hydrogens (tertiary/aromatic N) is 6. The summed E-state index contributed by atoms with van der Waals surface area (Å²) in [6, 6.07) is 3.70. The number of phenols is 1. The Hall–Kier alpha value is -3.14. The molecule has 4 heterocycles. The molecule has 0 spiro atoms. The minimum atomic E-state index is -2.84. The average Bonchev–Trinajstić information content (AvgIpc) is 3.37. The van der Waals surface area contributed by atoms with Crippen LogP contribution in [0, 0.1) is 0 Å². The number of benzene rings is 1. The quantitative estimate of drug-likeness (QED) is 0.613. The summed E-state index contributed by atoms with van der Waals surface area (Å²) < 4.78 is 32.2. The summed E-state index contributed by atoms with van der Waals surface area (Å²) in [4.78, 5) is 6.14. The molecule has 1 saturated carbocycles. The lowest BCUT2D eigenvalue weighted by Crippen LogP contribution is -2.63. The number of halogens is 2. The van der Waals surface area contributed by atoms with Gasteiger partial charge < -0.3 is 15.3 Å². The third-order valence-corrected chi connectivity index (χ3v) is 7.02. The molecule has 0 amide bonds. The number of rotatable bonds is 5. The van der Waals surface area contributed by atoms with Gasteiger partial charge in [-0.05, 0) is 49.8 Å². The van der Waals surface area contributed by atoms with Crippen LogP contribution >= 0.6 is 0 Å². The van der Waals surface area contributed by atoms with Crippen LogP contribution in [-0.2, 0) is 7.05 Å². The van der Waals surface area contributed by atoms with Crippen molar-refractivity contribution in [2.45, 2.75) is 62.2 Å². The van der Waals surface area contributed by atoms with Crippen molar-refractivity contribution in [2.75, 3.05) is 4.90 Å². The molecule has 2 bridgehead atoms. The summed E-state index contributed by atoms with van der Waals surface area (Å²) in [6.07, 6.45) is 8.50. The predicted octanol–water partition coefficient (Wildman–Crippen LogP) is 3.14. The highest BCUT2D eigenvalue weighted by Crippen LogP contribution is 2.45. The summed E-state index contributed by atoms with van der Waals surface area (Å²) in [5.74, 6) is -2.19. The Morgan fingerprint density at radius 1 is 1.12 bits per heavy atom. The van der Waals surface area contributed by atoms with Crippen molar-refractivity contribution in [1.82, 2.24) is 30.3 Å². The van der Waals surface area contributed by atoms with Gasteiger partial charge in [-0.2, -0.15) is 5.10 Å². The van der Waals surface area contributed by atoms with E-state index in [4.69, 9.17) is 0 Å². The number of hydrogen-bond donors (Lipinski definition) is 2. The molecule has 8 nitrogen and oxygen atoms in total. The number of aryl methyl sites for hydroxylation is 1. The standard InChI is InChI=1S/C23H25F2N7O/c1-31-12-14(10-27-31)13-2-6-17(18(33)8-13)22-26-11-21(29-30-22)32(16-4-5-16)20-9-15-3-7-19(28-15)23(20,24)25/h2,6,8,10-12,15-16,19-20,28,33H,3-5,7,9H2,1H3/t15-,19+,20-/m0/s1. The molecule has 3 atom stereocenters. The second-order valence-electron chi connectivity index (χ2n) is 9.33. The Morgan fingerprint density at radius 2 is 1.97 bits per heavy atom. The van der Waals surface area contributed by atoms with Crippen LogP contribution in [0.4, 0.5) is 14.6 Å². The van der Waals surface area contributed by atoms with Crippen molar-refractivity contribution < 1.29 is 13.9 Å². The molecule has 1 aromatic carbocycles. The van der Waals surface area contributed by atoms with E-state index in [1.165, 1.54) is 6.20 Å². The molecule has 1 aliphatic carbocycles. The zero-order chi connectivity index (χ0) is 22.7. The number of piperidine rings is 1. The molecule has 3 aliphatic rings. The summed E-state index contributed by atoms with van der Waals surface area (Å²) in [5.41, 5.74) is 2.13. The summed E-state index contributed by atoms with van der Waals surface area (Å²) in [6.45, 7) is 0. The summed E-state index contributed by atoms with van der Waals surface area (Å²) >= 11 is 0. The van der Waals surface area contributed by atoms with Gasteiger partial charge in [0.1, 0.15) is 5.75 Å². The number of hydrogen-bond acceptors (Lipinski definition) is 7. The van der Waals surface area contributed by atoms with Crippen molar-refractivity contribution in [3.05, 3.63) is 36.8 Å². The van der Waals surface area contributed by atoms with E-state index in [9.17, 15) is 5.11 Å². The largest absolute Gasteiger partial charge is 0.507 e. The van der Waals surface area contributed by atoms with Crippen LogP contribution in [0.5, 0.6) is 5.75 Å². The Bertz CT molecular complexity index is 1180. The van der Waals surface area contributed by atoms with Gasteiger partial charge in [-0.3, -0.25) is 4.68 Å². The zero-order valence-electron chi connectivity index (χ0n) is 18.2. The number of aromatic hydroxyl groups is 1. The molecule has 2 saturated heterocycles. The van der Waals surface area contributed by atoms with E-state index in [-0.39, 0.29) is 23.7 Å². The fourth-order valence-electron chi connectivity index (χ4n) is 5.20. The van der Waals surface area contributed by atoms with E-state index < -0.39 is 18.0 Å². The van der Waals surface area contributed by atoms with E-state index in [1.54, 1.807) is 27.9 Å². The number of fused-ring (bicyclic) bond motifs is 2. The molecule has 172 valence electrons. The number of phenolic OH excluding ortho intramolecular Hbond substituents is 1. The van der Waals surface area contributed by atoms with Gasteiger partial charge >= 0.3 is 0 Å². The number of anilines is 1. The van der Waals surface area contributed by atoms with Crippen LogP contribution in [0.2, 0.25) is 0 Å². The molecule has 6 rings (SSSR count). The summed E-state index contributed by atoms with van der Waals surface area (Å²) in [5, 5.41) is 26.3. The van der Waals surface area contributed by atoms with Gasteiger partial charge in [0.05, 0.1) is 30.0 Å². The molecule has 2 aliphatic heterocycles. The third-order valence-electron chi connectivity index (χ3n) is 7.02. The molecule has 2 N–H and O–H groups in total. The van der Waals surface area contributed by atoms with Crippen LogP contribution in [0.25, 0.3) is 22.5 Å². The second-order valence-corrected chi connectivity index (χ2v) is 9.33. The predicted molar refractivity (Wildman–Crippen MR) is 118 cm³/mol. The van der Waals surface area contributed by atoms with E-state index >= 15 is 8.78 Å². The average molecular weight is 453 g/mol. The minimum absolute atomic E-state index is 0.0198. The molecule has 33 heavy (non-hydrogen) atoms. The maximum Gasteiger partial charge on any atom is 0.283 e. The third kappa shape index (κ3) is 3.52. The first-order chi connectivity index (χ1) is 15.9. The lowest BCUT2D eigenvalue weighted by atomic mass is 9.93. The van der Waals surface area contributed by atoms with E-state index in [0.29, 0.717) is 24.2 Å². The van der Waals surface area contributed by atoms with E-state index in [0.717, 1.165) is 30.4 Å². The van der Waals surface area contributed by atoms with Gasteiger partial charge in [-0.25, -0.2) is 13.8 Å². The van der Waals surface area contributed by atoms with Gasteiger partial charge in [-0.1, -0.05) is 6.07 Å². The molecule has 0 radical (unpaired) electrons. The van der Waals surface area contributed by atoms with Gasteiger partial charge in [-0.15, -0.1) is 10.2 Å². The lowest BCUT2D eigenvalue weighted by molar-refractivity contribution is -0.0743. The monoisotopic (exact) mass is 453 g/mol. The Balaban J connectivity index is 1.28.